The van der Waals surface area contributed by atoms with Crippen molar-refractivity contribution in [3.05, 3.63) is 188 Å². The molecule has 7 nitrogen and oxygen atoms in total. The molecule has 5 heterocycles. The summed E-state index contributed by atoms with van der Waals surface area (Å²) in [6, 6.07) is 53.8. The Morgan fingerprint density at radius 1 is 0.542 bits per heavy atom. The number of fused-ring (bicyclic) bond motifs is 9. The van der Waals surface area contributed by atoms with Crippen molar-refractivity contribution in [2.75, 3.05) is 4.90 Å². The van der Waals surface area contributed by atoms with Crippen LogP contribution < -0.4 is 4.90 Å². The Morgan fingerprint density at radius 3 is 1.98 bits per heavy atom. The molecule has 1 unspecified atom stereocenters. The van der Waals surface area contributed by atoms with E-state index in [9.17, 15) is 0 Å². The molecule has 59 heavy (non-hydrogen) atoms. The molecule has 0 fully saturated rings. The van der Waals surface area contributed by atoms with Crippen molar-refractivity contribution in [3.8, 4) is 40.1 Å². The van der Waals surface area contributed by atoms with E-state index in [4.69, 9.17) is 15.0 Å². The first-order chi connectivity index (χ1) is 29.1. The van der Waals surface area contributed by atoms with Gasteiger partial charge in [0, 0.05) is 40.1 Å². The van der Waals surface area contributed by atoms with E-state index in [-0.39, 0.29) is 5.54 Å². The number of para-hydroxylation sites is 1. The molecular weight excluding hydrogens is 723 g/mol. The van der Waals surface area contributed by atoms with Crippen molar-refractivity contribution in [1.82, 2.24) is 29.5 Å². The van der Waals surface area contributed by atoms with Crippen molar-refractivity contribution in [2.24, 2.45) is 0 Å². The monoisotopic (exact) mass is 757 g/mol. The van der Waals surface area contributed by atoms with E-state index in [1.165, 1.54) is 49.6 Å². The average molecular weight is 758 g/mol. The smallest absolute Gasteiger partial charge is 0.238 e. The lowest BCUT2D eigenvalue weighted by Gasteiger charge is -2.39. The minimum Gasteiger partial charge on any atom is -0.331 e. The fourth-order valence-corrected chi connectivity index (χ4v) is 9.34. The largest absolute Gasteiger partial charge is 0.331 e. The minimum atomic E-state index is -0.224. The molecule has 0 saturated heterocycles. The topological polar surface area (TPSA) is 72.6 Å². The Morgan fingerprint density at radius 2 is 1.20 bits per heavy atom. The van der Waals surface area contributed by atoms with Crippen molar-refractivity contribution in [3.63, 3.8) is 0 Å². The average Bonchev–Trinajstić information content (AvgIpc) is 3.77. The highest BCUT2D eigenvalue weighted by atomic mass is 15.2. The van der Waals surface area contributed by atoms with Crippen LogP contribution in [0.4, 0.5) is 11.4 Å². The maximum Gasteiger partial charge on any atom is 0.238 e. The Kier molecular flexibility index (Phi) is 7.28. The quantitative estimate of drug-likeness (QED) is 0.163. The van der Waals surface area contributed by atoms with Crippen molar-refractivity contribution >= 4 is 60.3 Å². The Hall–Kier alpha value is -7.77. The van der Waals surface area contributed by atoms with Crippen LogP contribution in [0.3, 0.4) is 0 Å². The Balaban J connectivity index is 1.00. The maximum absolute atomic E-state index is 5.03. The molecule has 0 bridgehead atoms. The number of rotatable bonds is 5. The maximum atomic E-state index is 5.03. The highest BCUT2D eigenvalue weighted by Gasteiger charge is 2.45. The second-order valence-electron chi connectivity index (χ2n) is 15.5. The molecule has 4 aromatic heterocycles. The number of allylic oxidation sites excluding steroid dienone is 2. The van der Waals surface area contributed by atoms with E-state index in [1.807, 2.05) is 36.4 Å². The van der Waals surface area contributed by atoms with Crippen LogP contribution in [0, 0.1) is 0 Å². The van der Waals surface area contributed by atoms with Gasteiger partial charge in [0.25, 0.3) is 0 Å². The van der Waals surface area contributed by atoms with Gasteiger partial charge in [-0.05, 0) is 118 Å². The molecule has 0 spiro atoms. The molecule has 0 radical (unpaired) electrons. The normalized spacial score (nSPS) is 15.9. The van der Waals surface area contributed by atoms with Crippen LogP contribution in [0.5, 0.6) is 0 Å². The van der Waals surface area contributed by atoms with E-state index in [0.717, 1.165) is 33.8 Å². The van der Waals surface area contributed by atoms with Crippen LogP contribution in [-0.4, -0.2) is 35.0 Å². The number of hydrogen-bond donors (Lipinski definition) is 0. The number of nitrogens with zero attached hydrogens (tertiary/aromatic N) is 7. The van der Waals surface area contributed by atoms with Gasteiger partial charge in [-0.3, -0.25) is 14.5 Å². The zero-order valence-corrected chi connectivity index (χ0v) is 32.2. The first-order valence-electron chi connectivity index (χ1n) is 20.0. The summed E-state index contributed by atoms with van der Waals surface area (Å²) in [7, 11) is 0. The second-order valence-corrected chi connectivity index (χ2v) is 15.5. The van der Waals surface area contributed by atoms with Gasteiger partial charge in [0.2, 0.25) is 5.95 Å². The van der Waals surface area contributed by atoms with Gasteiger partial charge in [-0.25, -0.2) is 4.98 Å². The molecule has 7 heteroatoms. The molecule has 6 aromatic carbocycles. The third-order valence-corrected chi connectivity index (χ3v) is 12.1. The minimum absolute atomic E-state index is 0.224. The van der Waals surface area contributed by atoms with Crippen molar-refractivity contribution in [1.29, 1.82) is 0 Å². The van der Waals surface area contributed by atoms with E-state index in [1.54, 1.807) is 12.4 Å². The summed E-state index contributed by atoms with van der Waals surface area (Å²) in [6.07, 6.45) is 11.3. The number of pyridine rings is 2. The number of anilines is 2. The summed E-state index contributed by atoms with van der Waals surface area (Å²) < 4.78 is 2.13. The van der Waals surface area contributed by atoms with Gasteiger partial charge in [-0.15, -0.1) is 0 Å². The SMILES string of the molecule is CC12CC=CC=C1c1cc(-c3ccc4c(c3)c3ccccc3n4-c3nc(-c4ccccn4)nc(-c4ccccn4)n3)ccc1N2c1ccc2ccc3ccccc3c2c1. The van der Waals surface area contributed by atoms with Crippen LogP contribution >= 0.6 is 0 Å². The number of hydrogen-bond acceptors (Lipinski definition) is 6. The Bertz CT molecular complexity index is 3330. The van der Waals surface area contributed by atoms with E-state index >= 15 is 0 Å². The summed E-state index contributed by atoms with van der Waals surface area (Å²) in [5.41, 5.74) is 10.5. The van der Waals surface area contributed by atoms with Crippen molar-refractivity contribution in [2.45, 2.75) is 18.9 Å². The summed E-state index contributed by atoms with van der Waals surface area (Å²) >= 11 is 0. The van der Waals surface area contributed by atoms with E-state index in [2.05, 4.69) is 160 Å². The fraction of sp³-hybridized carbons (Fsp3) is 0.0577. The summed E-state index contributed by atoms with van der Waals surface area (Å²) in [6.45, 7) is 2.38. The second kappa shape index (κ2) is 12.9. The lowest BCUT2D eigenvalue weighted by Crippen LogP contribution is -2.40. The van der Waals surface area contributed by atoms with Gasteiger partial charge in [-0.2, -0.15) is 9.97 Å². The summed E-state index contributed by atoms with van der Waals surface area (Å²) in [5, 5.41) is 7.30. The standard InChI is InChI=1S/C52H35N7/c1-52-27-9-6-15-43(52)42-31-36(23-26-48(42)59(52)37-24-21-34-20-19-33-12-2-3-13-38(33)40(34)32-37)35-22-25-47-41(30-35)39-14-4-5-18-46(39)58(47)51-56-49(44-16-7-10-28-53-44)55-50(57-51)45-17-8-11-29-54-45/h2-26,28-32H,27H2,1H3. The molecule has 1 aliphatic carbocycles. The van der Waals surface area contributed by atoms with Crippen LogP contribution in [0.15, 0.2) is 182 Å². The molecule has 2 aliphatic rings. The Labute approximate surface area is 340 Å². The molecule has 1 atom stereocenters. The van der Waals surface area contributed by atoms with Crippen LogP contribution in [0.1, 0.15) is 18.9 Å². The van der Waals surface area contributed by atoms with Crippen molar-refractivity contribution < 1.29 is 0 Å². The van der Waals surface area contributed by atoms with Crippen LogP contribution in [-0.2, 0) is 0 Å². The van der Waals surface area contributed by atoms with Crippen LogP contribution in [0.2, 0.25) is 0 Å². The molecule has 278 valence electrons. The summed E-state index contributed by atoms with van der Waals surface area (Å²) in [5.74, 6) is 1.49. The molecule has 12 rings (SSSR count). The zero-order chi connectivity index (χ0) is 39.1. The number of aromatic nitrogens is 6. The lowest BCUT2D eigenvalue weighted by atomic mass is 9.83. The summed E-state index contributed by atoms with van der Waals surface area (Å²) in [4.78, 5) is 26.6. The molecule has 10 aromatic rings. The molecular formula is C52H35N7. The molecule has 1 aliphatic heterocycles. The van der Waals surface area contributed by atoms with Gasteiger partial charge < -0.3 is 4.90 Å². The predicted octanol–water partition coefficient (Wildman–Crippen LogP) is 12.3. The van der Waals surface area contributed by atoms with Gasteiger partial charge in [-0.1, -0.05) is 103 Å². The fourth-order valence-electron chi connectivity index (χ4n) is 9.34. The highest BCUT2D eigenvalue weighted by Crippen LogP contribution is 2.55. The van der Waals surface area contributed by atoms with Crippen LogP contribution in [0.25, 0.3) is 89.0 Å². The number of benzene rings is 6. The van der Waals surface area contributed by atoms with Gasteiger partial charge in [0.1, 0.15) is 11.4 Å². The molecule has 0 N–H and O–H groups in total. The lowest BCUT2D eigenvalue weighted by molar-refractivity contribution is 0.607. The zero-order valence-electron chi connectivity index (χ0n) is 32.2. The highest BCUT2D eigenvalue weighted by molar-refractivity contribution is 6.11. The van der Waals surface area contributed by atoms with Gasteiger partial charge in [0.15, 0.2) is 11.6 Å². The molecule has 0 saturated carbocycles. The van der Waals surface area contributed by atoms with E-state index in [0.29, 0.717) is 29.0 Å². The third kappa shape index (κ3) is 5.18. The first kappa shape index (κ1) is 33.4. The van der Waals surface area contributed by atoms with Gasteiger partial charge in [0.05, 0.1) is 16.6 Å². The third-order valence-electron chi connectivity index (χ3n) is 12.1. The van der Waals surface area contributed by atoms with Gasteiger partial charge >= 0.3 is 0 Å². The van der Waals surface area contributed by atoms with E-state index < -0.39 is 0 Å². The molecule has 0 amide bonds. The predicted molar refractivity (Wildman–Crippen MR) is 240 cm³/mol. The first-order valence-corrected chi connectivity index (χ1v) is 20.0.